The van der Waals surface area contributed by atoms with E-state index in [1.54, 1.807) is 12.1 Å². The molecule has 3 N–H and O–H groups in total. The molecule has 2 atom stereocenters. The molecule has 1 fully saturated rings. The average molecular weight is 354 g/mol. The molecule has 1 aromatic carbocycles. The smallest absolute Gasteiger partial charge is 0.251 e. The molecule has 2 amide bonds. The minimum absolute atomic E-state index is 0.0246. The van der Waals surface area contributed by atoms with Crippen LogP contribution < -0.4 is 10.6 Å². The molecule has 6 heteroatoms. The number of hydrogen-bond donors (Lipinski definition) is 3. The highest BCUT2D eigenvalue weighted by Gasteiger charge is 2.28. The van der Waals surface area contributed by atoms with Gasteiger partial charge in [-0.05, 0) is 38.8 Å². The van der Waals surface area contributed by atoms with Crippen molar-refractivity contribution in [2.24, 2.45) is 0 Å². The van der Waals surface area contributed by atoms with Gasteiger partial charge in [-0.3, -0.25) is 14.7 Å². The Bertz CT molecular complexity index is 750. The zero-order valence-corrected chi connectivity index (χ0v) is 15.3. The van der Waals surface area contributed by atoms with E-state index in [-0.39, 0.29) is 23.9 Å². The second-order valence-corrected chi connectivity index (χ2v) is 6.99. The van der Waals surface area contributed by atoms with Crippen LogP contribution in [0.2, 0.25) is 0 Å². The average Bonchev–Trinajstić information content (AvgIpc) is 2.96. The van der Waals surface area contributed by atoms with Crippen LogP contribution in [0.4, 0.5) is 0 Å². The summed E-state index contributed by atoms with van der Waals surface area (Å²) in [7, 11) is 0. The van der Waals surface area contributed by atoms with Gasteiger partial charge in [-0.1, -0.05) is 31.0 Å². The van der Waals surface area contributed by atoms with Crippen molar-refractivity contribution in [1.82, 2.24) is 20.8 Å². The van der Waals surface area contributed by atoms with Gasteiger partial charge >= 0.3 is 0 Å². The van der Waals surface area contributed by atoms with Gasteiger partial charge in [0.15, 0.2) is 0 Å². The number of H-pyrrole nitrogens is 1. The Morgan fingerprint density at radius 2 is 1.73 bits per heavy atom. The van der Waals surface area contributed by atoms with Crippen molar-refractivity contribution in [3.05, 3.63) is 52.8 Å². The van der Waals surface area contributed by atoms with Crippen LogP contribution >= 0.6 is 0 Å². The Balaban J connectivity index is 1.61. The number of carbonyl (C=O) groups excluding carboxylic acids is 2. The predicted octanol–water partition coefficient (Wildman–Crippen LogP) is 2.43. The fraction of sp³-hybridized carbons (Fsp3) is 0.450. The largest absolute Gasteiger partial charge is 0.351 e. The molecule has 1 aliphatic rings. The molecule has 0 bridgehead atoms. The van der Waals surface area contributed by atoms with Crippen LogP contribution in [0, 0.1) is 13.8 Å². The number of nitrogens with zero attached hydrogens (tertiary/aromatic N) is 1. The molecule has 0 spiro atoms. The van der Waals surface area contributed by atoms with Crippen LogP contribution in [0.1, 0.15) is 53.0 Å². The van der Waals surface area contributed by atoms with E-state index >= 15 is 0 Å². The fourth-order valence-corrected chi connectivity index (χ4v) is 3.57. The molecule has 0 radical (unpaired) electrons. The first-order valence-electron chi connectivity index (χ1n) is 9.20. The number of rotatable bonds is 5. The van der Waals surface area contributed by atoms with Crippen LogP contribution in [0.15, 0.2) is 30.3 Å². The number of carbonyl (C=O) groups is 2. The standard InChI is InChI=1S/C20H26N4O2/c1-13-16(14(2)24-23-13)12-19(25)21-17-10-6-7-11-18(17)22-20(26)15-8-4-3-5-9-15/h3-5,8-9,17-18H,6-7,10-12H2,1-2H3,(H,21,25)(H,22,26)(H,23,24)/t17-,18-/m1/s1. The number of aryl methyl sites for hydroxylation is 2. The molecule has 3 rings (SSSR count). The number of benzene rings is 1. The van der Waals surface area contributed by atoms with Crippen LogP contribution in [0.5, 0.6) is 0 Å². The Morgan fingerprint density at radius 3 is 2.35 bits per heavy atom. The van der Waals surface area contributed by atoms with E-state index < -0.39 is 0 Å². The molecular formula is C20H26N4O2. The van der Waals surface area contributed by atoms with E-state index in [2.05, 4.69) is 20.8 Å². The van der Waals surface area contributed by atoms with Gasteiger partial charge in [0.25, 0.3) is 5.91 Å². The quantitative estimate of drug-likeness (QED) is 0.771. The van der Waals surface area contributed by atoms with Crippen LogP contribution in [0.3, 0.4) is 0 Å². The SMILES string of the molecule is Cc1n[nH]c(C)c1CC(=O)N[C@@H]1CCCC[C@H]1NC(=O)c1ccccc1. The first-order chi connectivity index (χ1) is 12.5. The van der Waals surface area contributed by atoms with Crippen molar-refractivity contribution in [1.29, 1.82) is 0 Å². The van der Waals surface area contributed by atoms with E-state index in [4.69, 9.17) is 0 Å². The Morgan fingerprint density at radius 1 is 1.08 bits per heavy atom. The third-order valence-corrected chi connectivity index (χ3v) is 5.08. The lowest BCUT2D eigenvalue weighted by Gasteiger charge is -2.33. The summed E-state index contributed by atoms with van der Waals surface area (Å²) in [6.07, 6.45) is 4.20. The number of aromatic amines is 1. The summed E-state index contributed by atoms with van der Waals surface area (Å²) in [6, 6.07) is 9.13. The number of nitrogens with one attached hydrogen (secondary N) is 3. The summed E-state index contributed by atoms with van der Waals surface area (Å²) in [5.41, 5.74) is 3.38. The first-order valence-corrected chi connectivity index (χ1v) is 9.20. The molecule has 0 unspecified atom stereocenters. The van der Waals surface area contributed by atoms with Crippen molar-refractivity contribution in [2.75, 3.05) is 0 Å². The molecule has 1 aromatic heterocycles. The van der Waals surface area contributed by atoms with Crippen molar-refractivity contribution in [3.63, 3.8) is 0 Å². The molecule has 6 nitrogen and oxygen atoms in total. The van der Waals surface area contributed by atoms with E-state index in [1.807, 2.05) is 32.0 Å². The minimum Gasteiger partial charge on any atom is -0.351 e. The summed E-state index contributed by atoms with van der Waals surface area (Å²) in [5, 5.41) is 13.3. The van der Waals surface area contributed by atoms with Gasteiger partial charge in [0.1, 0.15) is 0 Å². The highest BCUT2D eigenvalue weighted by molar-refractivity contribution is 5.94. The third-order valence-electron chi connectivity index (χ3n) is 5.08. The van der Waals surface area contributed by atoms with E-state index in [0.717, 1.165) is 42.6 Å². The number of aromatic nitrogens is 2. The minimum atomic E-state index is -0.0849. The maximum absolute atomic E-state index is 12.5. The molecule has 1 saturated carbocycles. The lowest BCUT2D eigenvalue weighted by Crippen LogP contribution is -2.53. The Kier molecular flexibility index (Phi) is 5.71. The van der Waals surface area contributed by atoms with Gasteiger partial charge < -0.3 is 10.6 Å². The van der Waals surface area contributed by atoms with E-state index in [0.29, 0.717) is 12.0 Å². The summed E-state index contributed by atoms with van der Waals surface area (Å²) in [5.74, 6) is -0.110. The highest BCUT2D eigenvalue weighted by Crippen LogP contribution is 2.20. The summed E-state index contributed by atoms with van der Waals surface area (Å²) in [4.78, 5) is 25.0. The zero-order valence-electron chi connectivity index (χ0n) is 15.3. The fourth-order valence-electron chi connectivity index (χ4n) is 3.57. The summed E-state index contributed by atoms with van der Waals surface area (Å²) >= 11 is 0. The summed E-state index contributed by atoms with van der Waals surface area (Å²) in [6.45, 7) is 3.82. The lowest BCUT2D eigenvalue weighted by molar-refractivity contribution is -0.121. The Labute approximate surface area is 153 Å². The maximum atomic E-state index is 12.5. The maximum Gasteiger partial charge on any atom is 0.251 e. The van der Waals surface area contributed by atoms with Gasteiger partial charge in [0.05, 0.1) is 12.1 Å². The monoisotopic (exact) mass is 354 g/mol. The van der Waals surface area contributed by atoms with E-state index in [1.165, 1.54) is 0 Å². The van der Waals surface area contributed by atoms with Crippen molar-refractivity contribution in [2.45, 2.75) is 58.0 Å². The molecule has 26 heavy (non-hydrogen) atoms. The topological polar surface area (TPSA) is 86.9 Å². The van der Waals surface area contributed by atoms with Gasteiger partial charge in [0.2, 0.25) is 5.91 Å². The van der Waals surface area contributed by atoms with Crippen molar-refractivity contribution >= 4 is 11.8 Å². The second-order valence-electron chi connectivity index (χ2n) is 6.99. The number of hydrogen-bond acceptors (Lipinski definition) is 3. The van der Waals surface area contributed by atoms with Crippen molar-refractivity contribution < 1.29 is 9.59 Å². The van der Waals surface area contributed by atoms with Gasteiger partial charge in [0, 0.05) is 28.9 Å². The molecule has 1 aliphatic carbocycles. The van der Waals surface area contributed by atoms with Gasteiger partial charge in [-0.15, -0.1) is 0 Å². The second kappa shape index (κ2) is 8.17. The first kappa shape index (κ1) is 18.2. The lowest BCUT2D eigenvalue weighted by atomic mass is 9.89. The van der Waals surface area contributed by atoms with Gasteiger partial charge in [-0.25, -0.2) is 0 Å². The third kappa shape index (κ3) is 4.31. The zero-order chi connectivity index (χ0) is 18.5. The predicted molar refractivity (Wildman–Crippen MR) is 99.9 cm³/mol. The number of amides is 2. The molecule has 138 valence electrons. The molecule has 0 aliphatic heterocycles. The summed E-state index contributed by atoms with van der Waals surface area (Å²) < 4.78 is 0. The molecular weight excluding hydrogens is 328 g/mol. The molecule has 2 aromatic rings. The Hall–Kier alpha value is -2.63. The van der Waals surface area contributed by atoms with E-state index in [9.17, 15) is 9.59 Å². The van der Waals surface area contributed by atoms with Crippen LogP contribution in [-0.2, 0) is 11.2 Å². The van der Waals surface area contributed by atoms with Crippen LogP contribution in [-0.4, -0.2) is 34.1 Å². The van der Waals surface area contributed by atoms with Crippen molar-refractivity contribution in [3.8, 4) is 0 Å². The molecule has 1 heterocycles. The molecule has 0 saturated heterocycles. The normalized spacial score (nSPS) is 19.8. The van der Waals surface area contributed by atoms with Gasteiger partial charge in [-0.2, -0.15) is 5.10 Å². The van der Waals surface area contributed by atoms with Crippen LogP contribution in [0.25, 0.3) is 0 Å². The highest BCUT2D eigenvalue weighted by atomic mass is 16.2.